The van der Waals surface area contributed by atoms with Crippen molar-refractivity contribution in [2.24, 2.45) is 5.92 Å². The third kappa shape index (κ3) is 2.87. The number of nitrogens with zero attached hydrogens (tertiary/aromatic N) is 2. The van der Waals surface area contributed by atoms with Gasteiger partial charge in [-0.1, -0.05) is 0 Å². The van der Waals surface area contributed by atoms with Gasteiger partial charge in [0.2, 0.25) is 11.8 Å². The van der Waals surface area contributed by atoms with E-state index in [4.69, 9.17) is 5.11 Å². The molecule has 7 nitrogen and oxygen atoms in total. The summed E-state index contributed by atoms with van der Waals surface area (Å²) in [5.74, 6) is -1.90. The van der Waals surface area contributed by atoms with Gasteiger partial charge in [0.05, 0.1) is 23.4 Å². The van der Waals surface area contributed by atoms with Crippen molar-refractivity contribution in [2.75, 3.05) is 18.9 Å². The molecular formula is C12H13N3O4. The second-order valence-electron chi connectivity index (χ2n) is 4.43. The number of pyridine rings is 1. The van der Waals surface area contributed by atoms with E-state index < -0.39 is 11.9 Å². The Bertz CT molecular complexity index is 544. The first-order valence-corrected chi connectivity index (χ1v) is 5.70. The lowest BCUT2D eigenvalue weighted by atomic mass is 10.1. The lowest BCUT2D eigenvalue weighted by Crippen LogP contribution is -2.25. The predicted octanol–water partition coefficient (Wildman–Crippen LogP) is 0.197. The Labute approximate surface area is 109 Å². The highest BCUT2D eigenvalue weighted by Crippen LogP contribution is 2.18. The Balaban J connectivity index is 2.05. The molecule has 2 amide bonds. The van der Waals surface area contributed by atoms with Crippen molar-refractivity contribution in [3.8, 4) is 0 Å². The van der Waals surface area contributed by atoms with Crippen LogP contribution < -0.4 is 5.32 Å². The van der Waals surface area contributed by atoms with Crippen LogP contribution in [0.25, 0.3) is 0 Å². The number of aromatic carboxylic acids is 1. The maximum atomic E-state index is 11.9. The standard InChI is InChI=1S/C12H13N3O4/c1-15-6-8(3-10(15)16)11(17)14-9-2-7(12(18)19)4-13-5-9/h2,4-5,8H,3,6H2,1H3,(H,14,17)(H,18,19). The summed E-state index contributed by atoms with van der Waals surface area (Å²) in [6.07, 6.45) is 2.74. The molecule has 0 saturated carbocycles. The molecule has 1 fully saturated rings. The van der Waals surface area contributed by atoms with Crippen molar-refractivity contribution in [1.29, 1.82) is 0 Å². The molecule has 2 heterocycles. The van der Waals surface area contributed by atoms with Crippen molar-refractivity contribution >= 4 is 23.5 Å². The minimum absolute atomic E-state index is 0.00239. The van der Waals surface area contributed by atoms with E-state index in [1.54, 1.807) is 7.05 Å². The molecule has 1 aromatic heterocycles. The van der Waals surface area contributed by atoms with Crippen molar-refractivity contribution < 1.29 is 19.5 Å². The van der Waals surface area contributed by atoms with E-state index in [1.165, 1.54) is 23.4 Å². The molecule has 1 aromatic rings. The molecule has 2 N–H and O–H groups in total. The van der Waals surface area contributed by atoms with Crippen LogP contribution in [-0.4, -0.2) is 46.4 Å². The summed E-state index contributed by atoms with van der Waals surface area (Å²) in [4.78, 5) is 39.3. The molecule has 1 atom stereocenters. The molecule has 1 saturated heterocycles. The molecule has 7 heteroatoms. The number of aromatic nitrogens is 1. The SMILES string of the molecule is CN1CC(C(=O)Nc2cncc(C(=O)O)c2)CC1=O. The number of nitrogens with one attached hydrogen (secondary N) is 1. The molecule has 1 aliphatic heterocycles. The summed E-state index contributed by atoms with van der Waals surface area (Å²) in [5, 5.41) is 11.4. The van der Waals surface area contributed by atoms with Gasteiger partial charge in [-0.3, -0.25) is 14.6 Å². The highest BCUT2D eigenvalue weighted by atomic mass is 16.4. The number of carbonyl (C=O) groups excluding carboxylic acids is 2. The molecule has 0 bridgehead atoms. The number of carbonyl (C=O) groups is 3. The van der Waals surface area contributed by atoms with E-state index in [9.17, 15) is 14.4 Å². The van der Waals surface area contributed by atoms with Crippen LogP contribution in [0.4, 0.5) is 5.69 Å². The molecule has 0 aliphatic carbocycles. The van der Waals surface area contributed by atoms with E-state index in [0.29, 0.717) is 12.2 Å². The van der Waals surface area contributed by atoms with Gasteiger partial charge in [0.1, 0.15) is 0 Å². The Morgan fingerprint density at radius 2 is 2.21 bits per heavy atom. The van der Waals surface area contributed by atoms with Gasteiger partial charge in [-0.2, -0.15) is 0 Å². The average molecular weight is 263 g/mol. The minimum Gasteiger partial charge on any atom is -0.478 e. The minimum atomic E-state index is -1.11. The molecule has 2 rings (SSSR count). The molecule has 0 spiro atoms. The van der Waals surface area contributed by atoms with Crippen LogP contribution in [0.15, 0.2) is 18.5 Å². The monoisotopic (exact) mass is 263 g/mol. The normalized spacial score (nSPS) is 18.5. The average Bonchev–Trinajstić information content (AvgIpc) is 2.70. The van der Waals surface area contributed by atoms with E-state index >= 15 is 0 Å². The third-order valence-electron chi connectivity index (χ3n) is 2.96. The Morgan fingerprint density at radius 1 is 1.47 bits per heavy atom. The summed E-state index contributed by atoms with van der Waals surface area (Å²) in [6, 6.07) is 1.33. The first-order chi connectivity index (χ1) is 8.97. The van der Waals surface area contributed by atoms with Gasteiger partial charge in [0, 0.05) is 26.2 Å². The number of hydrogen-bond donors (Lipinski definition) is 2. The summed E-state index contributed by atoms with van der Waals surface area (Å²) >= 11 is 0. The predicted molar refractivity (Wildman–Crippen MR) is 65.6 cm³/mol. The molecule has 0 aromatic carbocycles. The van der Waals surface area contributed by atoms with Gasteiger partial charge in [0.25, 0.3) is 0 Å². The number of carboxylic acids is 1. The fraction of sp³-hybridized carbons (Fsp3) is 0.333. The van der Waals surface area contributed by atoms with E-state index in [-0.39, 0.29) is 23.8 Å². The molecule has 1 aliphatic rings. The summed E-state index contributed by atoms with van der Waals surface area (Å²) in [7, 11) is 1.64. The molecule has 100 valence electrons. The van der Waals surface area contributed by atoms with Crippen molar-refractivity contribution in [3.05, 3.63) is 24.0 Å². The molecule has 19 heavy (non-hydrogen) atoms. The second kappa shape index (κ2) is 5.05. The second-order valence-corrected chi connectivity index (χ2v) is 4.43. The topological polar surface area (TPSA) is 99.6 Å². The summed E-state index contributed by atoms with van der Waals surface area (Å²) in [5.41, 5.74) is 0.310. The number of carboxylic acid groups (broad SMARTS) is 1. The first kappa shape index (κ1) is 13.0. The van der Waals surface area contributed by atoms with Gasteiger partial charge in [-0.25, -0.2) is 4.79 Å². The Kier molecular flexibility index (Phi) is 3.46. The van der Waals surface area contributed by atoms with Gasteiger partial charge in [0.15, 0.2) is 0 Å². The van der Waals surface area contributed by atoms with Crippen molar-refractivity contribution in [3.63, 3.8) is 0 Å². The fourth-order valence-electron chi connectivity index (χ4n) is 1.91. The zero-order valence-electron chi connectivity index (χ0n) is 10.3. The molecule has 0 radical (unpaired) electrons. The number of anilines is 1. The third-order valence-corrected chi connectivity index (χ3v) is 2.96. The number of likely N-dealkylation sites (tertiary alicyclic amines) is 1. The number of hydrogen-bond acceptors (Lipinski definition) is 4. The maximum absolute atomic E-state index is 11.9. The van der Waals surface area contributed by atoms with Gasteiger partial charge in [-0.05, 0) is 6.07 Å². The zero-order valence-corrected chi connectivity index (χ0v) is 10.3. The fourth-order valence-corrected chi connectivity index (χ4v) is 1.91. The van der Waals surface area contributed by atoms with E-state index in [0.717, 1.165) is 0 Å². The Hall–Kier alpha value is -2.44. The van der Waals surface area contributed by atoms with Crippen LogP contribution in [0.3, 0.4) is 0 Å². The van der Waals surface area contributed by atoms with Crippen LogP contribution in [0.1, 0.15) is 16.8 Å². The van der Waals surface area contributed by atoms with Crippen LogP contribution in [-0.2, 0) is 9.59 Å². The number of rotatable bonds is 3. The summed E-state index contributed by atoms with van der Waals surface area (Å²) < 4.78 is 0. The van der Waals surface area contributed by atoms with Gasteiger partial charge < -0.3 is 15.3 Å². The largest absolute Gasteiger partial charge is 0.478 e. The smallest absolute Gasteiger partial charge is 0.337 e. The summed E-state index contributed by atoms with van der Waals surface area (Å²) in [6.45, 7) is 0.372. The van der Waals surface area contributed by atoms with Crippen LogP contribution in [0.2, 0.25) is 0 Å². The van der Waals surface area contributed by atoms with Crippen molar-refractivity contribution in [2.45, 2.75) is 6.42 Å². The lowest BCUT2D eigenvalue weighted by Gasteiger charge is -2.11. The van der Waals surface area contributed by atoms with Gasteiger partial charge >= 0.3 is 5.97 Å². The van der Waals surface area contributed by atoms with Crippen LogP contribution in [0, 0.1) is 5.92 Å². The Morgan fingerprint density at radius 3 is 2.79 bits per heavy atom. The van der Waals surface area contributed by atoms with Gasteiger partial charge in [-0.15, -0.1) is 0 Å². The zero-order chi connectivity index (χ0) is 14.0. The van der Waals surface area contributed by atoms with Crippen LogP contribution >= 0.6 is 0 Å². The molecule has 1 unspecified atom stereocenters. The first-order valence-electron chi connectivity index (χ1n) is 5.70. The molecular weight excluding hydrogens is 250 g/mol. The maximum Gasteiger partial charge on any atom is 0.337 e. The highest BCUT2D eigenvalue weighted by molar-refractivity contribution is 5.98. The number of amides is 2. The quantitative estimate of drug-likeness (QED) is 0.811. The van der Waals surface area contributed by atoms with E-state index in [1.807, 2.05) is 0 Å². The van der Waals surface area contributed by atoms with Crippen LogP contribution in [0.5, 0.6) is 0 Å². The lowest BCUT2D eigenvalue weighted by molar-refractivity contribution is -0.127. The van der Waals surface area contributed by atoms with E-state index in [2.05, 4.69) is 10.3 Å². The highest BCUT2D eigenvalue weighted by Gasteiger charge is 2.32. The van der Waals surface area contributed by atoms with Crippen molar-refractivity contribution in [1.82, 2.24) is 9.88 Å².